The lowest BCUT2D eigenvalue weighted by Gasteiger charge is -2.14. The number of alkyl halides is 2. The van der Waals surface area contributed by atoms with E-state index in [1.165, 1.54) is 19.2 Å². The number of carbonyl (C=O) groups is 2. The molecular weight excluding hydrogens is 470 g/mol. The van der Waals surface area contributed by atoms with Gasteiger partial charge in [-0.1, -0.05) is 24.3 Å². The van der Waals surface area contributed by atoms with Gasteiger partial charge in [-0.3, -0.25) is 9.59 Å². The first kappa shape index (κ1) is 26.5. The van der Waals surface area contributed by atoms with E-state index in [9.17, 15) is 18.4 Å². The third-order valence-corrected chi connectivity index (χ3v) is 5.18. The van der Waals surface area contributed by atoms with Crippen molar-refractivity contribution in [2.24, 2.45) is 0 Å². The zero-order valence-corrected chi connectivity index (χ0v) is 20.1. The number of benzene rings is 3. The SMILES string of the molecule is CCOc1ccccc1C(=O)NCCCC(=O)Nc1ccc(OC(F)F)c(-c2ccc(OC)cc2)c1. The van der Waals surface area contributed by atoms with Crippen LogP contribution in [0, 0.1) is 0 Å². The zero-order chi connectivity index (χ0) is 25.9. The molecule has 0 aliphatic rings. The first-order valence-corrected chi connectivity index (χ1v) is 11.4. The Morgan fingerprint density at radius 3 is 2.42 bits per heavy atom. The number of para-hydroxylation sites is 1. The van der Waals surface area contributed by atoms with Gasteiger partial charge in [-0.25, -0.2) is 0 Å². The van der Waals surface area contributed by atoms with Crippen molar-refractivity contribution < 1.29 is 32.6 Å². The normalized spacial score (nSPS) is 10.6. The summed E-state index contributed by atoms with van der Waals surface area (Å²) in [6.07, 6.45) is 0.562. The van der Waals surface area contributed by atoms with E-state index in [4.69, 9.17) is 9.47 Å². The highest BCUT2D eigenvalue weighted by Gasteiger charge is 2.14. The fourth-order valence-electron chi connectivity index (χ4n) is 3.51. The summed E-state index contributed by atoms with van der Waals surface area (Å²) < 4.78 is 41.1. The second-order valence-corrected chi connectivity index (χ2v) is 7.65. The smallest absolute Gasteiger partial charge is 0.387 e. The maximum atomic E-state index is 12.9. The van der Waals surface area contributed by atoms with E-state index < -0.39 is 6.61 Å². The third kappa shape index (κ3) is 7.43. The van der Waals surface area contributed by atoms with Crippen molar-refractivity contribution in [1.29, 1.82) is 0 Å². The summed E-state index contributed by atoms with van der Waals surface area (Å²) in [7, 11) is 1.53. The quantitative estimate of drug-likeness (QED) is 0.322. The van der Waals surface area contributed by atoms with Gasteiger partial charge in [0.1, 0.15) is 17.2 Å². The Morgan fingerprint density at radius 2 is 1.72 bits per heavy atom. The van der Waals surface area contributed by atoms with Gasteiger partial charge < -0.3 is 24.8 Å². The van der Waals surface area contributed by atoms with Crippen LogP contribution in [0.3, 0.4) is 0 Å². The number of carbonyl (C=O) groups excluding carboxylic acids is 2. The van der Waals surface area contributed by atoms with Crippen LogP contribution in [0.1, 0.15) is 30.1 Å². The van der Waals surface area contributed by atoms with Crippen LogP contribution in [0.15, 0.2) is 66.7 Å². The second kappa shape index (κ2) is 13.1. The molecule has 3 aromatic rings. The van der Waals surface area contributed by atoms with Crippen LogP contribution < -0.4 is 24.8 Å². The van der Waals surface area contributed by atoms with E-state index in [-0.39, 0.29) is 24.0 Å². The number of ether oxygens (including phenoxy) is 3. The standard InChI is InChI=1S/C27H28F2N2O5/c1-3-35-23-8-5-4-7-21(23)26(33)30-16-6-9-25(32)31-19-12-15-24(36-27(28)29)22(17-19)18-10-13-20(34-2)14-11-18/h4-5,7-8,10-15,17,27H,3,6,9,16H2,1-2H3,(H,30,33)(H,31,32). The van der Waals surface area contributed by atoms with E-state index in [0.717, 1.165) is 0 Å². The molecule has 7 nitrogen and oxygen atoms in total. The lowest BCUT2D eigenvalue weighted by atomic mass is 10.0. The average molecular weight is 499 g/mol. The molecule has 0 aliphatic carbocycles. The molecule has 3 rings (SSSR count). The molecule has 0 fully saturated rings. The van der Waals surface area contributed by atoms with E-state index in [1.54, 1.807) is 54.6 Å². The molecule has 0 aromatic heterocycles. The van der Waals surface area contributed by atoms with Crippen molar-refractivity contribution in [1.82, 2.24) is 5.32 Å². The van der Waals surface area contributed by atoms with Crippen molar-refractivity contribution in [3.63, 3.8) is 0 Å². The molecule has 36 heavy (non-hydrogen) atoms. The molecule has 0 aliphatic heterocycles. The topological polar surface area (TPSA) is 85.9 Å². The first-order chi connectivity index (χ1) is 17.4. The van der Waals surface area contributed by atoms with Gasteiger partial charge in [0.15, 0.2) is 0 Å². The third-order valence-electron chi connectivity index (χ3n) is 5.18. The molecule has 3 aromatic carbocycles. The van der Waals surface area contributed by atoms with E-state index in [1.807, 2.05) is 6.92 Å². The molecule has 190 valence electrons. The summed E-state index contributed by atoms with van der Waals surface area (Å²) in [5.74, 6) is 0.554. The van der Waals surface area contributed by atoms with Gasteiger partial charge >= 0.3 is 6.61 Å². The van der Waals surface area contributed by atoms with Crippen LogP contribution in [-0.2, 0) is 4.79 Å². The number of methoxy groups -OCH3 is 1. The summed E-state index contributed by atoms with van der Waals surface area (Å²) in [5, 5.41) is 5.55. The summed E-state index contributed by atoms with van der Waals surface area (Å²) in [6.45, 7) is -0.407. The largest absolute Gasteiger partial charge is 0.497 e. The molecule has 0 spiro atoms. The number of halogens is 2. The van der Waals surface area contributed by atoms with Crippen molar-refractivity contribution in [2.75, 3.05) is 25.6 Å². The summed E-state index contributed by atoms with van der Waals surface area (Å²) >= 11 is 0. The number of rotatable bonds is 12. The van der Waals surface area contributed by atoms with Gasteiger partial charge in [-0.15, -0.1) is 0 Å². The highest BCUT2D eigenvalue weighted by atomic mass is 19.3. The lowest BCUT2D eigenvalue weighted by Crippen LogP contribution is -2.26. The summed E-state index contributed by atoms with van der Waals surface area (Å²) in [5.41, 5.74) is 1.89. The lowest BCUT2D eigenvalue weighted by molar-refractivity contribution is -0.116. The number of anilines is 1. The van der Waals surface area contributed by atoms with Crippen LogP contribution in [-0.4, -0.2) is 38.7 Å². The number of amides is 2. The van der Waals surface area contributed by atoms with E-state index >= 15 is 0 Å². The van der Waals surface area contributed by atoms with Crippen LogP contribution >= 0.6 is 0 Å². The van der Waals surface area contributed by atoms with E-state index in [2.05, 4.69) is 15.4 Å². The summed E-state index contributed by atoms with van der Waals surface area (Å²) in [4.78, 5) is 24.9. The number of hydrogen-bond donors (Lipinski definition) is 2. The molecule has 2 N–H and O–H groups in total. The van der Waals surface area contributed by atoms with Crippen molar-refractivity contribution in [3.8, 4) is 28.4 Å². The molecule has 0 atom stereocenters. The van der Waals surface area contributed by atoms with Gasteiger partial charge in [0.2, 0.25) is 5.91 Å². The molecule has 0 saturated carbocycles. The Labute approximate surface area is 208 Å². The monoisotopic (exact) mass is 498 g/mol. The fourth-order valence-corrected chi connectivity index (χ4v) is 3.51. The molecule has 0 bridgehead atoms. The van der Waals surface area contributed by atoms with E-state index in [0.29, 0.717) is 53.4 Å². The fraction of sp³-hybridized carbons (Fsp3) is 0.259. The molecule has 0 unspecified atom stereocenters. The Morgan fingerprint density at radius 1 is 0.972 bits per heavy atom. The summed E-state index contributed by atoms with van der Waals surface area (Å²) in [6, 6.07) is 18.2. The van der Waals surface area contributed by atoms with Crippen molar-refractivity contribution >= 4 is 17.5 Å². The Kier molecular flexibility index (Phi) is 9.62. The predicted molar refractivity (Wildman–Crippen MR) is 133 cm³/mol. The maximum absolute atomic E-state index is 12.9. The number of nitrogens with one attached hydrogen (secondary N) is 2. The second-order valence-electron chi connectivity index (χ2n) is 7.65. The molecule has 9 heteroatoms. The van der Waals surface area contributed by atoms with Crippen LogP contribution in [0.4, 0.5) is 14.5 Å². The molecule has 0 heterocycles. The Hall–Kier alpha value is -4.14. The molecule has 2 amide bonds. The average Bonchev–Trinajstić information content (AvgIpc) is 2.87. The molecular formula is C27H28F2N2O5. The Bertz CT molecular complexity index is 1170. The van der Waals surface area contributed by atoms with Gasteiger partial charge in [0, 0.05) is 24.2 Å². The van der Waals surface area contributed by atoms with Gasteiger partial charge in [0.05, 0.1) is 19.3 Å². The number of hydrogen-bond acceptors (Lipinski definition) is 5. The maximum Gasteiger partial charge on any atom is 0.387 e. The predicted octanol–water partition coefficient (Wildman–Crippen LogP) is 5.51. The van der Waals surface area contributed by atoms with Crippen molar-refractivity contribution in [2.45, 2.75) is 26.4 Å². The zero-order valence-electron chi connectivity index (χ0n) is 20.1. The first-order valence-electron chi connectivity index (χ1n) is 11.4. The van der Waals surface area contributed by atoms with Gasteiger partial charge in [0.25, 0.3) is 5.91 Å². The highest BCUT2D eigenvalue weighted by Crippen LogP contribution is 2.34. The minimum atomic E-state index is -2.99. The Balaban J connectivity index is 1.58. The van der Waals surface area contributed by atoms with Crippen LogP contribution in [0.2, 0.25) is 0 Å². The van der Waals surface area contributed by atoms with Gasteiger partial charge in [-0.05, 0) is 61.4 Å². The van der Waals surface area contributed by atoms with Crippen LogP contribution in [0.25, 0.3) is 11.1 Å². The molecule has 0 radical (unpaired) electrons. The van der Waals surface area contributed by atoms with Crippen molar-refractivity contribution in [3.05, 3.63) is 72.3 Å². The highest BCUT2D eigenvalue weighted by molar-refractivity contribution is 5.97. The van der Waals surface area contributed by atoms with Crippen LogP contribution in [0.5, 0.6) is 17.2 Å². The minimum absolute atomic E-state index is 0.0109. The molecule has 0 saturated heterocycles. The minimum Gasteiger partial charge on any atom is -0.497 e. The van der Waals surface area contributed by atoms with Gasteiger partial charge in [-0.2, -0.15) is 8.78 Å².